The number of ether oxygens (including phenoxy) is 2. The van der Waals surface area contributed by atoms with Crippen LogP contribution in [0.1, 0.15) is 0 Å². The average molecular weight is 415 g/mol. The molecule has 0 aliphatic heterocycles. The first-order chi connectivity index (χ1) is 10.1. The second-order valence-electron chi connectivity index (χ2n) is 4.12. The molecule has 6 heteroatoms. The van der Waals surface area contributed by atoms with Crippen LogP contribution in [0.15, 0.2) is 51.4 Å². The van der Waals surface area contributed by atoms with E-state index >= 15 is 0 Å². The van der Waals surface area contributed by atoms with Gasteiger partial charge in [0, 0.05) is 8.95 Å². The monoisotopic (exact) mass is 413 g/mol. The van der Waals surface area contributed by atoms with Gasteiger partial charge in [0.1, 0.15) is 11.5 Å². The van der Waals surface area contributed by atoms with Crippen molar-refractivity contribution in [2.45, 2.75) is 0 Å². The molecule has 2 aromatic rings. The zero-order chi connectivity index (χ0) is 15.2. The first kappa shape index (κ1) is 15.9. The van der Waals surface area contributed by atoms with Crippen molar-refractivity contribution in [3.8, 4) is 11.5 Å². The summed E-state index contributed by atoms with van der Waals surface area (Å²) in [5.74, 6) is 1.10. The number of carbonyl (C=O) groups excluding carboxylic acids is 1. The average Bonchev–Trinajstić information content (AvgIpc) is 2.49. The largest absolute Gasteiger partial charge is 0.497 e. The van der Waals surface area contributed by atoms with Crippen LogP contribution in [0.2, 0.25) is 0 Å². The van der Waals surface area contributed by atoms with Crippen LogP contribution in [-0.4, -0.2) is 19.6 Å². The number of anilines is 1. The maximum atomic E-state index is 11.9. The maximum Gasteiger partial charge on any atom is 0.262 e. The van der Waals surface area contributed by atoms with Gasteiger partial charge in [0.25, 0.3) is 5.91 Å². The Morgan fingerprint density at radius 1 is 1.10 bits per heavy atom. The summed E-state index contributed by atoms with van der Waals surface area (Å²) in [7, 11) is 1.58. The molecule has 0 saturated carbocycles. The third-order valence-electron chi connectivity index (χ3n) is 2.63. The second kappa shape index (κ2) is 7.47. The Hall–Kier alpha value is -1.53. The van der Waals surface area contributed by atoms with Gasteiger partial charge in [-0.05, 0) is 56.1 Å². The fourth-order valence-corrected chi connectivity index (χ4v) is 2.97. The lowest BCUT2D eigenvalue weighted by Gasteiger charge is -2.12. The van der Waals surface area contributed by atoms with E-state index in [4.69, 9.17) is 9.47 Å². The maximum absolute atomic E-state index is 11.9. The molecule has 2 rings (SSSR count). The lowest BCUT2D eigenvalue weighted by atomic mass is 10.3. The van der Waals surface area contributed by atoms with Gasteiger partial charge in [-0.1, -0.05) is 18.2 Å². The van der Waals surface area contributed by atoms with Crippen molar-refractivity contribution in [1.29, 1.82) is 0 Å². The van der Waals surface area contributed by atoms with Crippen LogP contribution < -0.4 is 14.8 Å². The summed E-state index contributed by atoms with van der Waals surface area (Å²) in [5, 5.41) is 2.79. The molecule has 0 bridgehead atoms. The minimum absolute atomic E-state index is 0.0606. The molecule has 4 nitrogen and oxygen atoms in total. The minimum Gasteiger partial charge on any atom is -0.497 e. The molecule has 0 aliphatic carbocycles. The van der Waals surface area contributed by atoms with Gasteiger partial charge in [-0.15, -0.1) is 0 Å². The summed E-state index contributed by atoms with van der Waals surface area (Å²) < 4.78 is 12.0. The van der Waals surface area contributed by atoms with Crippen LogP contribution in [0, 0.1) is 0 Å². The van der Waals surface area contributed by atoms with Crippen molar-refractivity contribution < 1.29 is 14.3 Å². The fourth-order valence-electron chi connectivity index (χ4n) is 1.63. The topological polar surface area (TPSA) is 47.6 Å². The summed E-state index contributed by atoms with van der Waals surface area (Å²) in [6.45, 7) is -0.0606. The first-order valence-electron chi connectivity index (χ1n) is 6.11. The van der Waals surface area contributed by atoms with Crippen LogP contribution in [0.5, 0.6) is 11.5 Å². The van der Waals surface area contributed by atoms with Crippen LogP contribution in [0.25, 0.3) is 0 Å². The van der Waals surface area contributed by atoms with Gasteiger partial charge in [0.2, 0.25) is 0 Å². The normalized spacial score (nSPS) is 10.0. The molecule has 0 radical (unpaired) electrons. The Labute approximate surface area is 139 Å². The van der Waals surface area contributed by atoms with Crippen LogP contribution in [0.4, 0.5) is 5.69 Å². The quantitative estimate of drug-likeness (QED) is 0.795. The number of methoxy groups -OCH3 is 1. The zero-order valence-corrected chi connectivity index (χ0v) is 14.4. The van der Waals surface area contributed by atoms with Crippen molar-refractivity contribution in [1.82, 2.24) is 0 Å². The van der Waals surface area contributed by atoms with Gasteiger partial charge >= 0.3 is 0 Å². The number of hydrogen-bond donors (Lipinski definition) is 1. The minimum atomic E-state index is -0.245. The van der Waals surface area contributed by atoms with E-state index in [9.17, 15) is 4.79 Å². The van der Waals surface area contributed by atoms with Gasteiger partial charge in [-0.25, -0.2) is 0 Å². The summed E-state index contributed by atoms with van der Waals surface area (Å²) in [5.41, 5.74) is 0.637. The van der Waals surface area contributed by atoms with E-state index in [2.05, 4.69) is 37.2 Å². The Morgan fingerprint density at radius 2 is 1.71 bits per heavy atom. The van der Waals surface area contributed by atoms with Crippen molar-refractivity contribution in [3.05, 3.63) is 51.4 Å². The van der Waals surface area contributed by atoms with E-state index < -0.39 is 0 Å². The predicted molar refractivity (Wildman–Crippen MR) is 89.0 cm³/mol. The van der Waals surface area contributed by atoms with Crippen molar-refractivity contribution >= 4 is 43.5 Å². The molecule has 21 heavy (non-hydrogen) atoms. The molecule has 0 fully saturated rings. The van der Waals surface area contributed by atoms with Crippen molar-refractivity contribution in [2.75, 3.05) is 19.0 Å². The number of halogens is 2. The van der Waals surface area contributed by atoms with E-state index in [1.54, 1.807) is 31.4 Å². The molecular weight excluding hydrogens is 402 g/mol. The Balaban J connectivity index is 2.00. The van der Waals surface area contributed by atoms with E-state index in [1.165, 1.54) is 0 Å². The SMILES string of the molecule is COc1cc(Br)c(NC(=O)COc2ccccc2)c(Br)c1. The van der Waals surface area contributed by atoms with Gasteiger partial charge in [-0.2, -0.15) is 0 Å². The predicted octanol–water partition coefficient (Wildman–Crippen LogP) is 4.24. The molecule has 0 atom stereocenters. The molecule has 0 spiro atoms. The lowest BCUT2D eigenvalue weighted by molar-refractivity contribution is -0.118. The molecule has 110 valence electrons. The summed E-state index contributed by atoms with van der Waals surface area (Å²) in [6.07, 6.45) is 0. The third-order valence-corrected chi connectivity index (χ3v) is 3.88. The number of para-hydroxylation sites is 1. The number of amides is 1. The fraction of sp³-hybridized carbons (Fsp3) is 0.133. The number of hydrogen-bond acceptors (Lipinski definition) is 3. The molecule has 2 aromatic carbocycles. The summed E-state index contributed by atoms with van der Waals surface area (Å²) in [6, 6.07) is 12.7. The van der Waals surface area contributed by atoms with Crippen LogP contribution in [-0.2, 0) is 4.79 Å². The molecule has 0 aliphatic rings. The van der Waals surface area contributed by atoms with Gasteiger partial charge < -0.3 is 14.8 Å². The first-order valence-corrected chi connectivity index (χ1v) is 7.69. The molecule has 1 N–H and O–H groups in total. The summed E-state index contributed by atoms with van der Waals surface area (Å²) >= 11 is 6.80. The van der Waals surface area contributed by atoms with Crippen molar-refractivity contribution in [2.24, 2.45) is 0 Å². The number of carbonyl (C=O) groups is 1. The summed E-state index contributed by atoms with van der Waals surface area (Å²) in [4.78, 5) is 11.9. The van der Waals surface area contributed by atoms with Gasteiger partial charge in [0.15, 0.2) is 6.61 Å². The highest BCUT2D eigenvalue weighted by Crippen LogP contribution is 2.35. The highest BCUT2D eigenvalue weighted by molar-refractivity contribution is 9.11. The Morgan fingerprint density at radius 3 is 2.29 bits per heavy atom. The highest BCUT2D eigenvalue weighted by Gasteiger charge is 2.12. The van der Waals surface area contributed by atoms with Crippen molar-refractivity contribution in [3.63, 3.8) is 0 Å². The molecule has 1 amide bonds. The Kier molecular flexibility index (Phi) is 5.64. The second-order valence-corrected chi connectivity index (χ2v) is 5.82. The molecular formula is C15H13Br2NO3. The van der Waals surface area contributed by atoms with Gasteiger partial charge in [0.05, 0.1) is 12.8 Å². The number of nitrogens with one attached hydrogen (secondary N) is 1. The number of benzene rings is 2. The van der Waals surface area contributed by atoms with Gasteiger partial charge in [-0.3, -0.25) is 4.79 Å². The molecule has 0 unspecified atom stereocenters. The highest BCUT2D eigenvalue weighted by atomic mass is 79.9. The van der Waals surface area contributed by atoms with Crippen LogP contribution >= 0.6 is 31.9 Å². The van der Waals surface area contributed by atoms with E-state index in [-0.39, 0.29) is 12.5 Å². The standard InChI is InChI=1S/C15H13Br2NO3/c1-20-11-7-12(16)15(13(17)8-11)18-14(19)9-21-10-5-3-2-4-6-10/h2-8H,9H2,1H3,(H,18,19). The van der Waals surface area contributed by atoms with Crippen LogP contribution in [0.3, 0.4) is 0 Å². The smallest absolute Gasteiger partial charge is 0.262 e. The van der Waals surface area contributed by atoms with E-state index in [1.807, 2.05) is 18.2 Å². The van der Waals surface area contributed by atoms with E-state index in [0.717, 1.165) is 8.95 Å². The lowest BCUT2D eigenvalue weighted by Crippen LogP contribution is -2.20. The molecule has 0 aromatic heterocycles. The molecule has 0 saturated heterocycles. The number of rotatable bonds is 5. The third kappa shape index (κ3) is 4.47. The Bertz CT molecular complexity index is 609. The zero-order valence-electron chi connectivity index (χ0n) is 11.2. The van der Waals surface area contributed by atoms with E-state index in [0.29, 0.717) is 17.2 Å². The molecule has 0 heterocycles.